The van der Waals surface area contributed by atoms with Crippen molar-refractivity contribution < 1.29 is 9.59 Å². The van der Waals surface area contributed by atoms with Crippen molar-refractivity contribution in [2.75, 3.05) is 40.3 Å². The van der Waals surface area contributed by atoms with Crippen LogP contribution >= 0.6 is 0 Å². The average molecular weight is 540 g/mol. The number of amides is 2. The quantitative estimate of drug-likeness (QED) is 0.399. The minimum atomic E-state index is -0.270. The summed E-state index contributed by atoms with van der Waals surface area (Å²) in [6.07, 6.45) is 14.6. The lowest BCUT2D eigenvalue weighted by atomic mass is 9.89. The number of likely N-dealkylation sites (N-methyl/N-ethyl adjacent to an activating group) is 2. The number of urea groups is 1. The monoisotopic (exact) mass is 539 g/mol. The predicted molar refractivity (Wildman–Crippen MR) is 161 cm³/mol. The van der Waals surface area contributed by atoms with Gasteiger partial charge in [0.05, 0.1) is 13.1 Å². The smallest absolute Gasteiger partial charge is 0.333 e. The zero-order valence-corrected chi connectivity index (χ0v) is 23.8. The number of nitrogens with one attached hydrogen (secondary N) is 1. The molecule has 1 fully saturated rings. The van der Waals surface area contributed by atoms with Gasteiger partial charge in [-0.25, -0.2) is 14.8 Å². The Balaban J connectivity index is 1.65. The van der Waals surface area contributed by atoms with Crippen LogP contribution in [0.3, 0.4) is 0 Å². The van der Waals surface area contributed by atoms with Crippen molar-refractivity contribution in [3.63, 3.8) is 0 Å². The van der Waals surface area contributed by atoms with Crippen LogP contribution in [0.5, 0.6) is 0 Å². The molecule has 2 atom stereocenters. The standard InChI is InChI=1S/C33H41N5O2/c1-4-28-17-11-5-6-14-20-30-24-35(2)32(26-37(30)25-31(28)29-18-12-8-13-19-29)38(36(3)21-22-39)33(40)34-23-27-15-9-7-10-16-27/h4,6-20,22,31-32H,5,21,23-26H2,1-3H3,(H,34,40)/b14-6?,17-11-,28-4+,30-20+. The van der Waals surface area contributed by atoms with E-state index >= 15 is 0 Å². The number of fused-ring (bicyclic) bond motifs is 1. The first-order chi connectivity index (χ1) is 19.5. The molecule has 0 aromatic heterocycles. The van der Waals surface area contributed by atoms with E-state index in [0.717, 1.165) is 24.8 Å². The van der Waals surface area contributed by atoms with Crippen molar-refractivity contribution in [2.24, 2.45) is 0 Å². The molecule has 2 aromatic rings. The molecular weight excluding hydrogens is 498 g/mol. The molecule has 210 valence electrons. The zero-order chi connectivity index (χ0) is 28.3. The molecule has 7 heteroatoms. The van der Waals surface area contributed by atoms with Crippen LogP contribution in [0.1, 0.15) is 30.4 Å². The molecule has 7 nitrogen and oxygen atoms in total. The third kappa shape index (κ3) is 7.37. The molecule has 2 aromatic carbocycles. The van der Waals surface area contributed by atoms with Crippen molar-refractivity contribution in [1.29, 1.82) is 0 Å². The summed E-state index contributed by atoms with van der Waals surface area (Å²) in [5.74, 6) is 0.168. The summed E-state index contributed by atoms with van der Waals surface area (Å²) in [5.41, 5.74) is 4.76. The Kier molecular flexibility index (Phi) is 10.5. The Morgan fingerprint density at radius 3 is 2.48 bits per heavy atom. The third-order valence-corrected chi connectivity index (χ3v) is 7.54. The maximum atomic E-state index is 13.7. The predicted octanol–water partition coefficient (Wildman–Crippen LogP) is 4.95. The summed E-state index contributed by atoms with van der Waals surface area (Å²) in [5, 5.41) is 6.48. The maximum absolute atomic E-state index is 13.7. The number of hydrogen-bond acceptors (Lipinski definition) is 5. The highest BCUT2D eigenvalue weighted by molar-refractivity contribution is 5.74. The molecule has 0 radical (unpaired) electrons. The largest absolute Gasteiger partial charge is 0.369 e. The number of piperazine rings is 1. The highest BCUT2D eigenvalue weighted by atomic mass is 16.2. The van der Waals surface area contributed by atoms with Gasteiger partial charge in [-0.15, -0.1) is 0 Å². The zero-order valence-electron chi connectivity index (χ0n) is 23.8. The van der Waals surface area contributed by atoms with Gasteiger partial charge in [-0.2, -0.15) is 0 Å². The lowest BCUT2D eigenvalue weighted by molar-refractivity contribution is -0.116. The molecule has 0 spiro atoms. The van der Waals surface area contributed by atoms with Crippen LogP contribution in [0.2, 0.25) is 0 Å². The number of carbonyl (C=O) groups is 2. The number of nitrogens with zero attached hydrogens (tertiary/aromatic N) is 4. The fraction of sp³-hybridized carbons (Fsp3) is 0.333. The van der Waals surface area contributed by atoms with E-state index in [1.54, 1.807) is 17.1 Å². The number of allylic oxidation sites excluding steroid dienone is 6. The van der Waals surface area contributed by atoms with Gasteiger partial charge >= 0.3 is 6.03 Å². The van der Waals surface area contributed by atoms with Gasteiger partial charge in [0.2, 0.25) is 0 Å². The lowest BCUT2D eigenvalue weighted by Gasteiger charge is -2.49. The molecule has 2 aliphatic rings. The van der Waals surface area contributed by atoms with Crippen LogP contribution in [0, 0.1) is 0 Å². The maximum Gasteiger partial charge on any atom is 0.333 e. The van der Waals surface area contributed by atoms with Gasteiger partial charge in [0.25, 0.3) is 0 Å². The Morgan fingerprint density at radius 2 is 1.77 bits per heavy atom. The van der Waals surface area contributed by atoms with Crippen molar-refractivity contribution in [3.8, 4) is 0 Å². The molecule has 0 aliphatic carbocycles. The molecule has 0 bridgehead atoms. The molecule has 2 amide bonds. The number of benzene rings is 2. The van der Waals surface area contributed by atoms with Crippen LogP contribution < -0.4 is 5.32 Å². The summed E-state index contributed by atoms with van der Waals surface area (Å²) >= 11 is 0. The lowest BCUT2D eigenvalue weighted by Crippen LogP contribution is -2.65. The summed E-state index contributed by atoms with van der Waals surface area (Å²) in [7, 11) is 3.83. The number of hydrogen-bond donors (Lipinski definition) is 1. The van der Waals surface area contributed by atoms with E-state index in [0.29, 0.717) is 19.6 Å². The second-order valence-corrected chi connectivity index (χ2v) is 10.3. The molecule has 1 N–H and O–H groups in total. The van der Waals surface area contributed by atoms with Crippen LogP contribution in [0.15, 0.2) is 108 Å². The summed E-state index contributed by atoms with van der Waals surface area (Å²) in [4.78, 5) is 29.8. The van der Waals surface area contributed by atoms with E-state index in [4.69, 9.17) is 0 Å². The molecule has 2 heterocycles. The first kappa shape index (κ1) is 29.1. The van der Waals surface area contributed by atoms with Crippen LogP contribution in [0.25, 0.3) is 0 Å². The molecular formula is C33H41N5O2. The number of rotatable bonds is 7. The topological polar surface area (TPSA) is 59.1 Å². The summed E-state index contributed by atoms with van der Waals surface area (Å²) < 4.78 is 0. The van der Waals surface area contributed by atoms with Gasteiger partial charge in [0.1, 0.15) is 12.5 Å². The van der Waals surface area contributed by atoms with Crippen molar-refractivity contribution >= 4 is 12.3 Å². The fourth-order valence-electron chi connectivity index (χ4n) is 5.36. The third-order valence-electron chi connectivity index (χ3n) is 7.54. The van der Waals surface area contributed by atoms with Gasteiger partial charge in [0.15, 0.2) is 0 Å². The Bertz CT molecular complexity index is 1240. The molecule has 4 rings (SSSR count). The van der Waals surface area contributed by atoms with E-state index < -0.39 is 0 Å². The van der Waals surface area contributed by atoms with E-state index in [1.165, 1.54) is 16.8 Å². The average Bonchev–Trinajstić information content (AvgIpc) is 3.01. The first-order valence-corrected chi connectivity index (χ1v) is 14.0. The molecule has 2 unspecified atom stereocenters. The van der Waals surface area contributed by atoms with E-state index in [2.05, 4.69) is 88.8 Å². The molecule has 1 saturated heterocycles. The number of carbonyl (C=O) groups excluding carboxylic acids is 2. The Hall–Kier alpha value is -3.94. The highest BCUT2D eigenvalue weighted by Crippen LogP contribution is 2.31. The van der Waals surface area contributed by atoms with Gasteiger partial charge in [0, 0.05) is 38.3 Å². The summed E-state index contributed by atoms with van der Waals surface area (Å²) in [6.45, 7) is 4.67. The van der Waals surface area contributed by atoms with Crippen molar-refractivity contribution in [3.05, 3.63) is 120 Å². The van der Waals surface area contributed by atoms with Gasteiger partial charge < -0.3 is 15.0 Å². The molecule has 40 heavy (non-hydrogen) atoms. The highest BCUT2D eigenvalue weighted by Gasteiger charge is 2.37. The number of aldehydes is 1. The van der Waals surface area contributed by atoms with Crippen LogP contribution in [0.4, 0.5) is 4.79 Å². The molecule has 2 aliphatic heterocycles. The second kappa shape index (κ2) is 14.4. The second-order valence-electron chi connectivity index (χ2n) is 10.3. The summed E-state index contributed by atoms with van der Waals surface area (Å²) in [6, 6.07) is 20.2. The van der Waals surface area contributed by atoms with E-state index in [9.17, 15) is 9.59 Å². The van der Waals surface area contributed by atoms with Gasteiger partial charge in [-0.3, -0.25) is 4.90 Å². The molecule has 0 saturated carbocycles. The minimum Gasteiger partial charge on any atom is -0.369 e. The number of hydrazine groups is 1. The van der Waals surface area contributed by atoms with Crippen LogP contribution in [-0.4, -0.2) is 78.6 Å². The SMILES string of the molecule is C/C=C1\C=C/CC=C/C=C2\CN(C)C(N(C(=O)NCc3ccccc3)N(C)CC=O)CN2CC1c1ccccc1. The van der Waals surface area contributed by atoms with Gasteiger partial charge in [-0.05, 0) is 43.2 Å². The minimum absolute atomic E-state index is 0.120. The normalized spacial score (nSPS) is 23.1. The van der Waals surface area contributed by atoms with Crippen molar-refractivity contribution in [2.45, 2.75) is 32.0 Å². The van der Waals surface area contributed by atoms with Crippen LogP contribution in [-0.2, 0) is 11.3 Å². The Labute approximate surface area is 238 Å². The van der Waals surface area contributed by atoms with Gasteiger partial charge in [-0.1, -0.05) is 91.0 Å². The first-order valence-electron chi connectivity index (χ1n) is 14.0. The fourth-order valence-corrected chi connectivity index (χ4v) is 5.36. The Morgan fingerprint density at radius 1 is 1.05 bits per heavy atom. The van der Waals surface area contributed by atoms with E-state index in [1.807, 2.05) is 37.4 Å². The van der Waals surface area contributed by atoms with E-state index in [-0.39, 0.29) is 24.7 Å². The van der Waals surface area contributed by atoms with Crippen molar-refractivity contribution in [1.82, 2.24) is 25.1 Å².